The minimum absolute atomic E-state index is 0. The van der Waals surface area contributed by atoms with Crippen molar-refractivity contribution in [2.45, 2.75) is 25.3 Å². The zero-order valence-electron chi connectivity index (χ0n) is 9.65. The Kier molecular flexibility index (Phi) is 4.92. The van der Waals surface area contributed by atoms with E-state index in [-0.39, 0.29) is 24.2 Å². The molecular weight excluding hydrogens is 261 g/mol. The Bertz CT molecular complexity index is 394. The molecule has 0 amide bonds. The molecule has 0 heterocycles. The molecule has 1 saturated carbocycles. The maximum Gasteiger partial charge on any atom is 0.176 e. The molecule has 1 atom stereocenters. The van der Waals surface area contributed by atoms with Gasteiger partial charge >= 0.3 is 0 Å². The van der Waals surface area contributed by atoms with E-state index in [1.54, 1.807) is 12.1 Å². The molecule has 17 heavy (non-hydrogen) atoms. The van der Waals surface area contributed by atoms with Crippen molar-refractivity contribution in [3.8, 4) is 11.5 Å². The van der Waals surface area contributed by atoms with Gasteiger partial charge < -0.3 is 15.6 Å². The Morgan fingerprint density at radius 3 is 2.71 bits per heavy atom. The lowest BCUT2D eigenvalue weighted by atomic mass is 10.0. The molecule has 1 aromatic carbocycles. The van der Waals surface area contributed by atoms with E-state index in [0.29, 0.717) is 10.8 Å². The number of ether oxygens (including phenoxy) is 1. The van der Waals surface area contributed by atoms with Crippen LogP contribution in [0.25, 0.3) is 0 Å². The second-order valence-corrected chi connectivity index (χ2v) is 4.75. The highest BCUT2D eigenvalue weighted by atomic mass is 35.5. The summed E-state index contributed by atoms with van der Waals surface area (Å²) < 4.78 is 5.05. The molecule has 0 spiro atoms. The van der Waals surface area contributed by atoms with Crippen molar-refractivity contribution < 1.29 is 9.84 Å². The molecule has 1 aromatic rings. The Labute approximate surface area is 112 Å². The predicted octanol–water partition coefficient (Wildman–Crippen LogP) is 3.28. The topological polar surface area (TPSA) is 55.5 Å². The van der Waals surface area contributed by atoms with E-state index >= 15 is 0 Å². The summed E-state index contributed by atoms with van der Waals surface area (Å²) in [6.45, 7) is 0. The maximum absolute atomic E-state index is 9.60. The van der Waals surface area contributed by atoms with E-state index in [2.05, 4.69) is 0 Å². The minimum atomic E-state index is -0.0282. The summed E-state index contributed by atoms with van der Waals surface area (Å²) in [4.78, 5) is 0. The van der Waals surface area contributed by atoms with Crippen LogP contribution in [0.4, 0.5) is 0 Å². The molecule has 0 aliphatic heterocycles. The average molecular weight is 278 g/mol. The molecular formula is C12H17Cl2NO2. The minimum Gasteiger partial charge on any atom is -0.503 e. The largest absolute Gasteiger partial charge is 0.503 e. The van der Waals surface area contributed by atoms with Gasteiger partial charge in [0.2, 0.25) is 0 Å². The van der Waals surface area contributed by atoms with Crippen LogP contribution in [-0.4, -0.2) is 12.2 Å². The van der Waals surface area contributed by atoms with E-state index in [1.807, 2.05) is 0 Å². The molecule has 3 nitrogen and oxygen atoms in total. The van der Waals surface area contributed by atoms with Crippen molar-refractivity contribution in [1.82, 2.24) is 0 Å². The highest BCUT2D eigenvalue weighted by Crippen LogP contribution is 2.40. The molecule has 0 unspecified atom stereocenters. The number of hydrogen-bond donors (Lipinski definition) is 2. The van der Waals surface area contributed by atoms with Gasteiger partial charge in [0.25, 0.3) is 0 Å². The van der Waals surface area contributed by atoms with Gasteiger partial charge in [0.1, 0.15) is 0 Å². The van der Waals surface area contributed by atoms with Crippen LogP contribution in [0.3, 0.4) is 0 Å². The first-order valence-corrected chi connectivity index (χ1v) is 5.81. The van der Waals surface area contributed by atoms with Gasteiger partial charge in [-0.1, -0.05) is 24.4 Å². The number of nitrogens with two attached hydrogens (primary N) is 1. The third-order valence-electron chi connectivity index (χ3n) is 2.98. The molecule has 1 aliphatic rings. The Morgan fingerprint density at radius 1 is 1.53 bits per heavy atom. The summed E-state index contributed by atoms with van der Waals surface area (Å²) in [7, 11) is 1.50. The van der Waals surface area contributed by atoms with Crippen molar-refractivity contribution in [1.29, 1.82) is 0 Å². The number of methoxy groups -OCH3 is 1. The lowest BCUT2D eigenvalue weighted by Gasteiger charge is -2.14. The van der Waals surface area contributed by atoms with Crippen LogP contribution in [0.15, 0.2) is 12.1 Å². The first-order valence-electron chi connectivity index (χ1n) is 5.43. The van der Waals surface area contributed by atoms with Crippen LogP contribution in [0.2, 0.25) is 5.02 Å². The first kappa shape index (κ1) is 14.4. The maximum atomic E-state index is 9.60. The fraction of sp³-hybridized carbons (Fsp3) is 0.500. The molecule has 0 saturated heterocycles. The summed E-state index contributed by atoms with van der Waals surface area (Å²) in [5.74, 6) is 1.12. The van der Waals surface area contributed by atoms with E-state index < -0.39 is 0 Å². The zero-order chi connectivity index (χ0) is 11.7. The smallest absolute Gasteiger partial charge is 0.176 e. The monoisotopic (exact) mass is 277 g/mol. The van der Waals surface area contributed by atoms with Gasteiger partial charge in [0.05, 0.1) is 12.1 Å². The van der Waals surface area contributed by atoms with E-state index in [9.17, 15) is 5.11 Å². The summed E-state index contributed by atoms with van der Waals surface area (Å²) in [5, 5.41) is 9.89. The number of phenolic OH excluding ortho intramolecular Hbond substituents is 1. The lowest BCUT2D eigenvalue weighted by Crippen LogP contribution is -2.11. The molecule has 3 N–H and O–H groups in total. The highest BCUT2D eigenvalue weighted by Gasteiger charge is 2.25. The predicted molar refractivity (Wildman–Crippen MR) is 71.2 cm³/mol. The van der Waals surface area contributed by atoms with Crippen LogP contribution in [0, 0.1) is 5.92 Å². The van der Waals surface area contributed by atoms with Crippen LogP contribution < -0.4 is 10.5 Å². The van der Waals surface area contributed by atoms with E-state index in [0.717, 1.165) is 17.9 Å². The van der Waals surface area contributed by atoms with Crippen molar-refractivity contribution in [3.63, 3.8) is 0 Å². The first-order chi connectivity index (χ1) is 7.61. The van der Waals surface area contributed by atoms with Gasteiger partial charge in [0.15, 0.2) is 11.5 Å². The number of halogens is 2. The number of phenols is 1. The molecule has 0 aromatic heterocycles. The molecule has 1 fully saturated rings. The number of rotatable bonds is 4. The molecule has 5 heteroatoms. The lowest BCUT2D eigenvalue weighted by molar-refractivity contribution is 0.372. The number of benzene rings is 1. The van der Waals surface area contributed by atoms with Crippen molar-refractivity contribution in [3.05, 3.63) is 22.7 Å². The summed E-state index contributed by atoms with van der Waals surface area (Å²) in [6, 6.07) is 3.44. The van der Waals surface area contributed by atoms with Gasteiger partial charge in [-0.15, -0.1) is 12.4 Å². The Balaban J connectivity index is 0.00000144. The second kappa shape index (κ2) is 5.80. The number of hydrogen-bond acceptors (Lipinski definition) is 3. The van der Waals surface area contributed by atoms with Crippen LogP contribution in [0.1, 0.15) is 30.9 Å². The fourth-order valence-corrected chi connectivity index (χ4v) is 2.03. The van der Waals surface area contributed by atoms with E-state index in [4.69, 9.17) is 22.1 Å². The highest BCUT2D eigenvalue weighted by molar-refractivity contribution is 6.32. The van der Waals surface area contributed by atoms with Crippen LogP contribution in [-0.2, 0) is 0 Å². The third kappa shape index (κ3) is 3.41. The van der Waals surface area contributed by atoms with Gasteiger partial charge in [0, 0.05) is 6.04 Å². The van der Waals surface area contributed by atoms with E-state index in [1.165, 1.54) is 20.0 Å². The average Bonchev–Trinajstić information content (AvgIpc) is 3.05. The molecule has 1 aliphatic carbocycles. The quantitative estimate of drug-likeness (QED) is 0.888. The summed E-state index contributed by atoms with van der Waals surface area (Å²) in [6.07, 6.45) is 3.53. The van der Waals surface area contributed by atoms with Gasteiger partial charge in [-0.25, -0.2) is 0 Å². The SMILES string of the molecule is COc1cc([C@H](N)CC2CC2)cc(Cl)c1O.Cl. The summed E-state index contributed by atoms with van der Waals surface area (Å²) in [5.41, 5.74) is 7.01. The van der Waals surface area contributed by atoms with Gasteiger partial charge in [-0.3, -0.25) is 0 Å². The fourth-order valence-electron chi connectivity index (χ4n) is 1.81. The molecule has 96 valence electrons. The molecule has 0 bridgehead atoms. The number of aromatic hydroxyl groups is 1. The molecule has 0 radical (unpaired) electrons. The second-order valence-electron chi connectivity index (χ2n) is 4.34. The van der Waals surface area contributed by atoms with Crippen molar-refractivity contribution >= 4 is 24.0 Å². The zero-order valence-corrected chi connectivity index (χ0v) is 11.2. The Hall–Kier alpha value is -0.640. The van der Waals surface area contributed by atoms with Gasteiger partial charge in [-0.05, 0) is 30.0 Å². The Morgan fingerprint density at radius 2 is 2.18 bits per heavy atom. The third-order valence-corrected chi connectivity index (χ3v) is 3.27. The van der Waals surface area contributed by atoms with Crippen LogP contribution in [0.5, 0.6) is 11.5 Å². The van der Waals surface area contributed by atoms with Gasteiger partial charge in [-0.2, -0.15) is 0 Å². The molecule has 2 rings (SSSR count). The van der Waals surface area contributed by atoms with Crippen LogP contribution >= 0.6 is 24.0 Å². The normalized spacial score (nSPS) is 16.2. The summed E-state index contributed by atoms with van der Waals surface area (Å²) >= 11 is 5.91. The van der Waals surface area contributed by atoms with Crippen molar-refractivity contribution in [2.75, 3.05) is 7.11 Å². The standard InChI is InChI=1S/C12H16ClNO2.ClH/c1-16-11-6-8(5-9(13)12(11)15)10(14)4-7-2-3-7;/h5-7,10,15H,2-4,14H2,1H3;1H/t10-;/m1./s1. The van der Waals surface area contributed by atoms with Crippen molar-refractivity contribution in [2.24, 2.45) is 11.7 Å².